The first kappa shape index (κ1) is 14.8. The van der Waals surface area contributed by atoms with Crippen molar-refractivity contribution in [2.24, 2.45) is 0 Å². The van der Waals surface area contributed by atoms with E-state index in [2.05, 4.69) is 15.2 Å². The van der Waals surface area contributed by atoms with Crippen molar-refractivity contribution in [3.63, 3.8) is 0 Å². The van der Waals surface area contributed by atoms with Crippen molar-refractivity contribution >= 4 is 22.7 Å². The summed E-state index contributed by atoms with van der Waals surface area (Å²) < 4.78 is 10.9. The minimum Gasteiger partial charge on any atom is -0.467 e. The Kier molecular flexibility index (Phi) is 3.72. The summed E-state index contributed by atoms with van der Waals surface area (Å²) in [7, 11) is 0. The second kappa shape index (κ2) is 6.03. The third-order valence-electron chi connectivity index (χ3n) is 4.39. The SMILES string of the molecule is Cc1cc2c(N3CCC[C@@H]3C(=O)NCc3ccco3)nccc2o1. The van der Waals surface area contributed by atoms with Crippen LogP contribution in [0.4, 0.5) is 5.82 Å². The number of hydrogen-bond acceptors (Lipinski definition) is 5. The van der Waals surface area contributed by atoms with E-state index in [-0.39, 0.29) is 11.9 Å². The lowest BCUT2D eigenvalue weighted by Crippen LogP contribution is -2.43. The molecule has 0 radical (unpaired) electrons. The fourth-order valence-corrected chi connectivity index (χ4v) is 3.30. The van der Waals surface area contributed by atoms with Gasteiger partial charge in [-0.05, 0) is 44.0 Å². The number of aryl methyl sites for hydroxylation is 1. The van der Waals surface area contributed by atoms with Crippen LogP contribution in [0.2, 0.25) is 0 Å². The molecule has 1 fully saturated rings. The number of nitrogens with zero attached hydrogens (tertiary/aromatic N) is 2. The van der Waals surface area contributed by atoms with Crippen LogP contribution in [-0.4, -0.2) is 23.5 Å². The molecule has 4 rings (SSSR count). The quantitative estimate of drug-likeness (QED) is 0.798. The van der Waals surface area contributed by atoms with Crippen LogP contribution < -0.4 is 10.2 Å². The van der Waals surface area contributed by atoms with Crippen LogP contribution in [-0.2, 0) is 11.3 Å². The first-order valence-electron chi connectivity index (χ1n) is 8.14. The first-order valence-corrected chi connectivity index (χ1v) is 8.14. The molecule has 1 atom stereocenters. The zero-order valence-corrected chi connectivity index (χ0v) is 13.5. The summed E-state index contributed by atoms with van der Waals surface area (Å²) in [6.45, 7) is 3.13. The second-order valence-corrected chi connectivity index (χ2v) is 6.05. The molecule has 0 saturated carbocycles. The van der Waals surface area contributed by atoms with E-state index in [9.17, 15) is 4.79 Å². The summed E-state index contributed by atoms with van der Waals surface area (Å²) in [4.78, 5) is 19.2. The molecule has 4 heterocycles. The molecule has 3 aromatic heterocycles. The molecule has 6 heteroatoms. The van der Waals surface area contributed by atoms with E-state index in [1.165, 1.54) is 0 Å². The van der Waals surface area contributed by atoms with E-state index in [1.807, 2.05) is 31.2 Å². The number of amides is 1. The molecule has 3 aromatic rings. The summed E-state index contributed by atoms with van der Waals surface area (Å²) in [5.74, 6) is 2.42. The van der Waals surface area contributed by atoms with E-state index in [0.717, 1.165) is 47.7 Å². The highest BCUT2D eigenvalue weighted by Gasteiger charge is 2.32. The average molecular weight is 325 g/mol. The Balaban J connectivity index is 1.56. The molecule has 1 amide bonds. The molecule has 0 bridgehead atoms. The highest BCUT2D eigenvalue weighted by molar-refractivity contribution is 5.93. The topological polar surface area (TPSA) is 71.5 Å². The second-order valence-electron chi connectivity index (χ2n) is 6.05. The smallest absolute Gasteiger partial charge is 0.243 e. The molecule has 0 aromatic carbocycles. The van der Waals surface area contributed by atoms with Gasteiger partial charge >= 0.3 is 0 Å². The number of aromatic nitrogens is 1. The molecule has 1 saturated heterocycles. The predicted molar refractivity (Wildman–Crippen MR) is 89.7 cm³/mol. The number of hydrogen-bond donors (Lipinski definition) is 1. The van der Waals surface area contributed by atoms with Gasteiger partial charge in [-0.3, -0.25) is 4.79 Å². The molecule has 1 aliphatic heterocycles. The number of pyridine rings is 1. The maximum Gasteiger partial charge on any atom is 0.243 e. The standard InChI is InChI=1S/C18H19N3O3/c1-12-10-14-16(24-12)6-7-19-17(14)21-8-2-5-15(21)18(22)20-11-13-4-3-9-23-13/h3-4,6-7,9-10,15H,2,5,8,11H2,1H3,(H,20,22)/t15-/m1/s1. The summed E-state index contributed by atoms with van der Waals surface area (Å²) in [6.07, 6.45) is 5.12. The van der Waals surface area contributed by atoms with Crippen molar-refractivity contribution in [1.29, 1.82) is 0 Å². The van der Waals surface area contributed by atoms with Crippen molar-refractivity contribution < 1.29 is 13.6 Å². The Morgan fingerprint density at radius 3 is 3.21 bits per heavy atom. The maximum absolute atomic E-state index is 12.6. The van der Waals surface area contributed by atoms with Crippen LogP contribution in [0.25, 0.3) is 11.0 Å². The van der Waals surface area contributed by atoms with Crippen LogP contribution in [0.3, 0.4) is 0 Å². The van der Waals surface area contributed by atoms with Gasteiger partial charge in [-0.2, -0.15) is 0 Å². The fraction of sp³-hybridized carbons (Fsp3) is 0.333. The van der Waals surface area contributed by atoms with Crippen molar-refractivity contribution in [3.05, 3.63) is 48.2 Å². The van der Waals surface area contributed by atoms with Crippen molar-refractivity contribution in [2.75, 3.05) is 11.4 Å². The number of carbonyl (C=O) groups excluding carboxylic acids is 1. The normalized spacial score (nSPS) is 17.5. The Hall–Kier alpha value is -2.76. The van der Waals surface area contributed by atoms with Gasteiger partial charge in [0.15, 0.2) is 0 Å². The van der Waals surface area contributed by atoms with E-state index in [0.29, 0.717) is 6.54 Å². The number of furan rings is 2. The van der Waals surface area contributed by atoms with E-state index in [4.69, 9.17) is 8.83 Å². The van der Waals surface area contributed by atoms with Crippen LogP contribution in [0.5, 0.6) is 0 Å². The van der Waals surface area contributed by atoms with Gasteiger partial charge in [0.25, 0.3) is 0 Å². The average Bonchev–Trinajstić information content (AvgIpc) is 3.31. The number of carbonyl (C=O) groups is 1. The van der Waals surface area contributed by atoms with Gasteiger partial charge in [-0.1, -0.05) is 0 Å². The Morgan fingerprint density at radius 1 is 1.46 bits per heavy atom. The predicted octanol–water partition coefficient (Wildman–Crippen LogP) is 3.01. The Labute approximate surface area is 139 Å². The number of nitrogens with one attached hydrogen (secondary N) is 1. The highest BCUT2D eigenvalue weighted by atomic mass is 16.3. The van der Waals surface area contributed by atoms with Crippen LogP contribution in [0.1, 0.15) is 24.4 Å². The van der Waals surface area contributed by atoms with Gasteiger partial charge in [0, 0.05) is 12.7 Å². The largest absolute Gasteiger partial charge is 0.467 e. The zero-order chi connectivity index (χ0) is 16.5. The van der Waals surface area contributed by atoms with Gasteiger partial charge in [0.05, 0.1) is 18.2 Å². The Morgan fingerprint density at radius 2 is 2.38 bits per heavy atom. The number of rotatable bonds is 4. The van der Waals surface area contributed by atoms with Gasteiger partial charge in [-0.25, -0.2) is 4.98 Å². The molecule has 1 N–H and O–H groups in total. The molecular formula is C18H19N3O3. The molecule has 6 nitrogen and oxygen atoms in total. The van der Waals surface area contributed by atoms with Crippen molar-refractivity contribution in [3.8, 4) is 0 Å². The first-order chi connectivity index (χ1) is 11.7. The van der Waals surface area contributed by atoms with Crippen molar-refractivity contribution in [1.82, 2.24) is 10.3 Å². The minimum atomic E-state index is -0.215. The lowest BCUT2D eigenvalue weighted by atomic mass is 10.2. The van der Waals surface area contributed by atoms with E-state index in [1.54, 1.807) is 12.5 Å². The van der Waals surface area contributed by atoms with E-state index < -0.39 is 0 Å². The minimum absolute atomic E-state index is 0.00270. The summed E-state index contributed by atoms with van der Waals surface area (Å²) in [5, 5.41) is 3.91. The summed E-state index contributed by atoms with van der Waals surface area (Å²) >= 11 is 0. The molecule has 24 heavy (non-hydrogen) atoms. The molecular weight excluding hydrogens is 306 g/mol. The van der Waals surface area contributed by atoms with Gasteiger partial charge < -0.3 is 19.1 Å². The zero-order valence-electron chi connectivity index (χ0n) is 13.5. The molecule has 0 unspecified atom stereocenters. The van der Waals surface area contributed by atoms with Crippen molar-refractivity contribution in [2.45, 2.75) is 32.4 Å². The molecule has 0 aliphatic carbocycles. The molecule has 0 spiro atoms. The van der Waals surface area contributed by atoms with Crippen LogP contribution in [0, 0.1) is 6.92 Å². The van der Waals surface area contributed by atoms with Crippen LogP contribution >= 0.6 is 0 Å². The highest BCUT2D eigenvalue weighted by Crippen LogP contribution is 2.32. The van der Waals surface area contributed by atoms with Gasteiger partial charge in [0.1, 0.15) is 29.0 Å². The Bertz CT molecular complexity index is 854. The lowest BCUT2D eigenvalue weighted by Gasteiger charge is -2.25. The fourth-order valence-electron chi connectivity index (χ4n) is 3.30. The lowest BCUT2D eigenvalue weighted by molar-refractivity contribution is -0.122. The number of fused-ring (bicyclic) bond motifs is 1. The maximum atomic E-state index is 12.6. The third-order valence-corrected chi connectivity index (χ3v) is 4.39. The summed E-state index contributed by atoms with van der Waals surface area (Å²) in [5.41, 5.74) is 0.805. The van der Waals surface area contributed by atoms with E-state index >= 15 is 0 Å². The molecule has 124 valence electrons. The third kappa shape index (κ3) is 2.64. The van der Waals surface area contributed by atoms with Gasteiger partial charge in [-0.15, -0.1) is 0 Å². The monoisotopic (exact) mass is 325 g/mol. The van der Waals surface area contributed by atoms with Crippen LogP contribution in [0.15, 0.2) is 45.6 Å². The summed E-state index contributed by atoms with van der Waals surface area (Å²) in [6, 6.07) is 7.29. The van der Waals surface area contributed by atoms with Gasteiger partial charge in [0.2, 0.25) is 5.91 Å². The molecule has 1 aliphatic rings. The number of anilines is 1.